The Hall–Kier alpha value is -1.69. The van der Waals surface area contributed by atoms with Gasteiger partial charge < -0.3 is 9.47 Å². The second-order valence-corrected chi connectivity index (χ2v) is 6.21. The predicted molar refractivity (Wildman–Crippen MR) is 90.5 cm³/mol. The van der Waals surface area contributed by atoms with E-state index in [2.05, 4.69) is 0 Å². The van der Waals surface area contributed by atoms with Crippen LogP contribution in [0.2, 0.25) is 0 Å². The summed E-state index contributed by atoms with van der Waals surface area (Å²) in [6.45, 7) is 0. The average molecular weight is 371 g/mol. The molecule has 0 fully saturated rings. The van der Waals surface area contributed by atoms with Crippen molar-refractivity contribution in [3.05, 3.63) is 47.5 Å². The smallest absolute Gasteiger partial charge is 0.256 e. The summed E-state index contributed by atoms with van der Waals surface area (Å²) in [6.07, 6.45) is 0. The molecule has 0 bridgehead atoms. The highest BCUT2D eigenvalue weighted by atomic mass is 35.5. The van der Waals surface area contributed by atoms with Crippen LogP contribution in [-0.4, -0.2) is 24.7 Å². The van der Waals surface area contributed by atoms with Crippen molar-refractivity contribution in [3.63, 3.8) is 0 Å². The van der Waals surface area contributed by atoms with Crippen molar-refractivity contribution in [1.29, 1.82) is 0 Å². The molecule has 0 atom stereocenters. The van der Waals surface area contributed by atoms with Gasteiger partial charge in [0, 0.05) is 9.79 Å². The second kappa shape index (κ2) is 7.73. The molecule has 0 aliphatic carbocycles. The van der Waals surface area contributed by atoms with Crippen LogP contribution in [0.4, 0.5) is 0 Å². The lowest BCUT2D eigenvalue weighted by molar-refractivity contribution is 0.107. The minimum atomic E-state index is -0.601. The SMILES string of the molecule is COc1ccc(Sc2ccc(OC)c(C(=O)Cl)c2)cc1C(=O)Cl. The van der Waals surface area contributed by atoms with E-state index >= 15 is 0 Å². The maximum atomic E-state index is 11.5. The van der Waals surface area contributed by atoms with Gasteiger partial charge in [0.05, 0.1) is 25.3 Å². The Balaban J connectivity index is 2.36. The number of hydrogen-bond acceptors (Lipinski definition) is 5. The molecule has 0 amide bonds. The van der Waals surface area contributed by atoms with Gasteiger partial charge in [-0.2, -0.15) is 0 Å². The molecule has 0 N–H and O–H groups in total. The van der Waals surface area contributed by atoms with Gasteiger partial charge in [0.25, 0.3) is 10.5 Å². The minimum absolute atomic E-state index is 0.279. The first-order chi connectivity index (χ1) is 11.0. The molecule has 2 rings (SSSR count). The van der Waals surface area contributed by atoms with E-state index in [0.29, 0.717) is 11.5 Å². The number of hydrogen-bond donors (Lipinski definition) is 0. The second-order valence-electron chi connectivity index (χ2n) is 4.37. The molecule has 2 aromatic carbocycles. The number of benzene rings is 2. The summed E-state index contributed by atoms with van der Waals surface area (Å²) in [5.41, 5.74) is 0.558. The van der Waals surface area contributed by atoms with E-state index < -0.39 is 10.5 Å². The van der Waals surface area contributed by atoms with Gasteiger partial charge in [-0.15, -0.1) is 0 Å². The zero-order valence-electron chi connectivity index (χ0n) is 12.3. The molecule has 0 saturated heterocycles. The fourth-order valence-corrected chi connectivity index (χ4v) is 3.14. The van der Waals surface area contributed by atoms with E-state index in [1.807, 2.05) is 0 Å². The maximum Gasteiger partial charge on any atom is 0.256 e. The summed E-state index contributed by atoms with van der Waals surface area (Å²) in [6, 6.07) is 10.2. The van der Waals surface area contributed by atoms with Crippen LogP contribution < -0.4 is 9.47 Å². The van der Waals surface area contributed by atoms with Gasteiger partial charge in [0.1, 0.15) is 11.5 Å². The van der Waals surface area contributed by atoms with Gasteiger partial charge in [-0.05, 0) is 59.6 Å². The Morgan fingerprint density at radius 1 is 0.826 bits per heavy atom. The van der Waals surface area contributed by atoms with Crippen LogP contribution in [0.15, 0.2) is 46.2 Å². The topological polar surface area (TPSA) is 52.6 Å². The third-order valence-electron chi connectivity index (χ3n) is 3.00. The molecular formula is C16H12Cl2O4S. The lowest BCUT2D eigenvalue weighted by Crippen LogP contribution is -1.96. The normalized spacial score (nSPS) is 10.3. The first-order valence-corrected chi connectivity index (χ1v) is 7.97. The van der Waals surface area contributed by atoms with Gasteiger partial charge in [-0.25, -0.2) is 0 Å². The Morgan fingerprint density at radius 3 is 1.52 bits per heavy atom. The highest BCUT2D eigenvalue weighted by Crippen LogP contribution is 2.34. The summed E-state index contributed by atoms with van der Waals surface area (Å²) in [5, 5.41) is -1.20. The number of carbonyl (C=O) groups is 2. The van der Waals surface area contributed by atoms with Gasteiger partial charge in [-0.1, -0.05) is 11.8 Å². The summed E-state index contributed by atoms with van der Waals surface area (Å²) in [7, 11) is 2.93. The molecule has 0 saturated carbocycles. The van der Waals surface area contributed by atoms with Crippen LogP contribution in [0.5, 0.6) is 11.5 Å². The van der Waals surface area contributed by atoms with Crippen LogP contribution in [0.1, 0.15) is 20.7 Å². The van der Waals surface area contributed by atoms with E-state index in [1.54, 1.807) is 36.4 Å². The Morgan fingerprint density at radius 2 is 1.22 bits per heavy atom. The van der Waals surface area contributed by atoms with E-state index in [-0.39, 0.29) is 11.1 Å². The van der Waals surface area contributed by atoms with Crippen LogP contribution in [0, 0.1) is 0 Å². The Bertz CT molecular complexity index is 698. The largest absolute Gasteiger partial charge is 0.496 e. The van der Waals surface area contributed by atoms with Crippen molar-refractivity contribution in [1.82, 2.24) is 0 Å². The van der Waals surface area contributed by atoms with Gasteiger partial charge >= 0.3 is 0 Å². The van der Waals surface area contributed by atoms with Crippen LogP contribution in [-0.2, 0) is 0 Å². The molecule has 7 heteroatoms. The molecule has 23 heavy (non-hydrogen) atoms. The van der Waals surface area contributed by atoms with Crippen molar-refractivity contribution in [2.75, 3.05) is 14.2 Å². The molecule has 0 aliphatic heterocycles. The van der Waals surface area contributed by atoms with E-state index in [1.165, 1.54) is 26.0 Å². The van der Waals surface area contributed by atoms with E-state index in [9.17, 15) is 9.59 Å². The first-order valence-electron chi connectivity index (χ1n) is 6.40. The number of halogens is 2. The predicted octanol–water partition coefficient (Wildman–Crippen LogP) is 4.61. The standard InChI is InChI=1S/C16H12Cl2O4S/c1-21-13-5-3-9(7-11(13)15(17)19)23-10-4-6-14(22-2)12(8-10)16(18)20/h3-8H,1-2H3. The van der Waals surface area contributed by atoms with Crippen molar-refractivity contribution in [2.45, 2.75) is 9.79 Å². The van der Waals surface area contributed by atoms with Crippen molar-refractivity contribution >= 4 is 45.4 Å². The molecule has 0 heterocycles. The maximum absolute atomic E-state index is 11.5. The Kier molecular flexibility index (Phi) is 5.93. The van der Waals surface area contributed by atoms with E-state index in [4.69, 9.17) is 32.7 Å². The monoisotopic (exact) mass is 370 g/mol. The minimum Gasteiger partial charge on any atom is -0.496 e. The van der Waals surface area contributed by atoms with Crippen LogP contribution in [0.3, 0.4) is 0 Å². The van der Waals surface area contributed by atoms with Crippen LogP contribution >= 0.6 is 35.0 Å². The van der Waals surface area contributed by atoms with Crippen LogP contribution in [0.25, 0.3) is 0 Å². The highest BCUT2D eigenvalue weighted by molar-refractivity contribution is 7.99. The number of ether oxygens (including phenoxy) is 2. The third-order valence-corrected chi connectivity index (χ3v) is 4.39. The quantitative estimate of drug-likeness (QED) is 0.694. The third kappa shape index (κ3) is 4.19. The molecule has 0 spiro atoms. The van der Waals surface area contributed by atoms with Crippen molar-refractivity contribution in [3.8, 4) is 11.5 Å². The van der Waals surface area contributed by atoms with Crippen molar-refractivity contribution < 1.29 is 19.1 Å². The molecule has 0 radical (unpaired) electrons. The molecule has 120 valence electrons. The lowest BCUT2D eigenvalue weighted by atomic mass is 10.2. The fraction of sp³-hybridized carbons (Fsp3) is 0.125. The number of rotatable bonds is 6. The first kappa shape index (κ1) is 17.7. The van der Waals surface area contributed by atoms with E-state index in [0.717, 1.165) is 9.79 Å². The summed E-state index contributed by atoms with van der Waals surface area (Å²) >= 11 is 12.5. The lowest BCUT2D eigenvalue weighted by Gasteiger charge is -2.09. The molecule has 4 nitrogen and oxygen atoms in total. The zero-order chi connectivity index (χ0) is 17.0. The molecular weight excluding hydrogens is 359 g/mol. The average Bonchev–Trinajstić information content (AvgIpc) is 2.54. The van der Waals surface area contributed by atoms with Gasteiger partial charge in [0.2, 0.25) is 0 Å². The highest BCUT2D eigenvalue weighted by Gasteiger charge is 2.14. The number of carbonyl (C=O) groups excluding carboxylic acids is 2. The summed E-state index contributed by atoms with van der Waals surface area (Å²) in [5.74, 6) is 0.807. The zero-order valence-corrected chi connectivity index (χ0v) is 14.6. The summed E-state index contributed by atoms with van der Waals surface area (Å²) in [4.78, 5) is 24.5. The fourth-order valence-electron chi connectivity index (χ4n) is 1.94. The molecule has 0 unspecified atom stereocenters. The molecule has 0 aromatic heterocycles. The van der Waals surface area contributed by atoms with Crippen molar-refractivity contribution in [2.24, 2.45) is 0 Å². The molecule has 0 aliphatic rings. The molecule has 2 aromatic rings. The van der Waals surface area contributed by atoms with Gasteiger partial charge in [-0.3, -0.25) is 9.59 Å². The Labute approximate surface area is 147 Å². The van der Waals surface area contributed by atoms with Gasteiger partial charge in [0.15, 0.2) is 0 Å². The number of methoxy groups -OCH3 is 2. The summed E-state index contributed by atoms with van der Waals surface area (Å²) < 4.78 is 10.2.